The van der Waals surface area contributed by atoms with Gasteiger partial charge in [-0.05, 0) is 50.3 Å². The fraction of sp³-hybridized carbons (Fsp3) is 0.667. The Kier molecular flexibility index (Phi) is 13.0. The number of nitrogens with one attached hydrogen (secondary N) is 3. The van der Waals surface area contributed by atoms with Gasteiger partial charge in [0, 0.05) is 43.8 Å². The summed E-state index contributed by atoms with van der Waals surface area (Å²) in [5, 5.41) is 9.72. The van der Waals surface area contributed by atoms with Crippen LogP contribution in [0.25, 0.3) is 0 Å². The van der Waals surface area contributed by atoms with Gasteiger partial charge in [0.05, 0.1) is 19.8 Å². The van der Waals surface area contributed by atoms with E-state index in [-0.39, 0.29) is 35.8 Å². The molecule has 1 unspecified atom stereocenters. The SMILES string of the molecule is CCNC(=NCc1cccc(NC(=O)C2CCCC2)c1)NCCCOCC1CCOC1.I. The summed E-state index contributed by atoms with van der Waals surface area (Å²) in [4.78, 5) is 17.1. The highest BCUT2D eigenvalue weighted by atomic mass is 127. The number of aliphatic imine (C=N–C) groups is 1. The molecule has 7 nitrogen and oxygen atoms in total. The van der Waals surface area contributed by atoms with Crippen molar-refractivity contribution < 1.29 is 14.3 Å². The second-order valence-electron chi connectivity index (χ2n) is 8.45. The maximum atomic E-state index is 12.4. The van der Waals surface area contributed by atoms with E-state index in [0.29, 0.717) is 12.5 Å². The second-order valence-corrected chi connectivity index (χ2v) is 8.45. The number of ether oxygens (including phenoxy) is 2. The van der Waals surface area contributed by atoms with Crippen molar-refractivity contribution >= 4 is 41.5 Å². The second kappa shape index (κ2) is 15.4. The van der Waals surface area contributed by atoms with Crippen molar-refractivity contribution in [3.05, 3.63) is 29.8 Å². The van der Waals surface area contributed by atoms with E-state index in [1.54, 1.807) is 0 Å². The number of nitrogens with zero attached hydrogens (tertiary/aromatic N) is 1. The summed E-state index contributed by atoms with van der Waals surface area (Å²) in [6, 6.07) is 7.97. The highest BCUT2D eigenvalue weighted by Gasteiger charge is 2.22. The Labute approximate surface area is 209 Å². The molecule has 1 saturated carbocycles. The number of guanidine groups is 1. The Morgan fingerprint density at radius 3 is 2.81 bits per heavy atom. The van der Waals surface area contributed by atoms with Crippen molar-refractivity contribution in [3.8, 4) is 0 Å². The molecule has 180 valence electrons. The fourth-order valence-corrected chi connectivity index (χ4v) is 4.04. The minimum absolute atomic E-state index is 0. The number of anilines is 1. The lowest BCUT2D eigenvalue weighted by Gasteiger charge is -2.13. The third-order valence-electron chi connectivity index (χ3n) is 5.82. The van der Waals surface area contributed by atoms with Crippen LogP contribution in [0.4, 0.5) is 5.69 Å². The fourth-order valence-electron chi connectivity index (χ4n) is 4.04. The molecule has 1 atom stereocenters. The van der Waals surface area contributed by atoms with Gasteiger partial charge in [-0.1, -0.05) is 25.0 Å². The summed E-state index contributed by atoms with van der Waals surface area (Å²) in [6.07, 6.45) is 6.38. The van der Waals surface area contributed by atoms with Crippen LogP contribution in [-0.2, 0) is 20.8 Å². The van der Waals surface area contributed by atoms with Crippen molar-refractivity contribution in [1.82, 2.24) is 10.6 Å². The van der Waals surface area contributed by atoms with E-state index in [9.17, 15) is 4.79 Å². The summed E-state index contributed by atoms with van der Waals surface area (Å²) in [5.41, 5.74) is 1.93. The highest BCUT2D eigenvalue weighted by Crippen LogP contribution is 2.26. The van der Waals surface area contributed by atoms with E-state index < -0.39 is 0 Å². The zero-order valence-corrected chi connectivity index (χ0v) is 21.6. The number of rotatable bonds is 11. The predicted molar refractivity (Wildman–Crippen MR) is 140 cm³/mol. The number of hydrogen-bond acceptors (Lipinski definition) is 4. The summed E-state index contributed by atoms with van der Waals surface area (Å²) in [5.74, 6) is 1.68. The Hall–Kier alpha value is -1.39. The minimum Gasteiger partial charge on any atom is -0.381 e. The van der Waals surface area contributed by atoms with Gasteiger partial charge in [-0.2, -0.15) is 0 Å². The predicted octanol–water partition coefficient (Wildman–Crippen LogP) is 3.93. The van der Waals surface area contributed by atoms with Crippen molar-refractivity contribution in [2.45, 2.75) is 52.0 Å². The smallest absolute Gasteiger partial charge is 0.227 e. The molecule has 1 saturated heterocycles. The quantitative estimate of drug-likeness (QED) is 0.166. The zero-order chi connectivity index (χ0) is 21.7. The van der Waals surface area contributed by atoms with E-state index in [0.717, 1.165) is 95.3 Å². The van der Waals surface area contributed by atoms with Gasteiger partial charge in [-0.3, -0.25) is 4.79 Å². The van der Waals surface area contributed by atoms with E-state index in [2.05, 4.69) is 27.9 Å². The molecule has 2 fully saturated rings. The Morgan fingerprint density at radius 1 is 1.22 bits per heavy atom. The Morgan fingerprint density at radius 2 is 2.06 bits per heavy atom. The molecule has 0 bridgehead atoms. The normalized spacial score (nSPS) is 18.9. The van der Waals surface area contributed by atoms with E-state index in [1.807, 2.05) is 24.3 Å². The highest BCUT2D eigenvalue weighted by molar-refractivity contribution is 14.0. The number of benzene rings is 1. The minimum atomic E-state index is 0. The maximum absolute atomic E-state index is 12.4. The number of hydrogen-bond donors (Lipinski definition) is 3. The maximum Gasteiger partial charge on any atom is 0.227 e. The average Bonchev–Trinajstić information content (AvgIpc) is 3.49. The molecular formula is C24H39IN4O3. The summed E-state index contributed by atoms with van der Waals surface area (Å²) in [6.45, 7) is 7.47. The van der Waals surface area contributed by atoms with Crippen molar-refractivity contribution in [1.29, 1.82) is 0 Å². The van der Waals surface area contributed by atoms with Crippen molar-refractivity contribution in [2.24, 2.45) is 16.8 Å². The molecule has 8 heteroatoms. The molecule has 1 aromatic carbocycles. The summed E-state index contributed by atoms with van der Waals surface area (Å²) < 4.78 is 11.1. The molecule has 3 rings (SSSR count). The molecule has 0 spiro atoms. The molecule has 1 aromatic rings. The Balaban J connectivity index is 0.00000363. The van der Waals surface area contributed by atoms with Gasteiger partial charge in [-0.15, -0.1) is 24.0 Å². The van der Waals surface area contributed by atoms with Crippen LogP contribution in [0.2, 0.25) is 0 Å². The molecule has 1 aliphatic heterocycles. The van der Waals surface area contributed by atoms with Crippen LogP contribution >= 0.6 is 24.0 Å². The van der Waals surface area contributed by atoms with E-state index in [1.165, 1.54) is 0 Å². The first-order valence-corrected chi connectivity index (χ1v) is 11.8. The number of amides is 1. The molecule has 0 radical (unpaired) electrons. The zero-order valence-electron chi connectivity index (χ0n) is 19.2. The Bertz CT molecular complexity index is 704. The lowest BCUT2D eigenvalue weighted by Crippen LogP contribution is -2.38. The van der Waals surface area contributed by atoms with Crippen molar-refractivity contribution in [3.63, 3.8) is 0 Å². The summed E-state index contributed by atoms with van der Waals surface area (Å²) in [7, 11) is 0. The molecular weight excluding hydrogens is 519 g/mol. The van der Waals surface area contributed by atoms with Crippen LogP contribution < -0.4 is 16.0 Å². The first-order valence-electron chi connectivity index (χ1n) is 11.8. The van der Waals surface area contributed by atoms with Gasteiger partial charge >= 0.3 is 0 Å². The van der Waals surface area contributed by atoms with Gasteiger partial charge in [0.15, 0.2) is 5.96 Å². The van der Waals surface area contributed by atoms with Crippen LogP contribution in [0.15, 0.2) is 29.3 Å². The molecule has 1 heterocycles. The average molecular weight is 559 g/mol. The van der Waals surface area contributed by atoms with Gasteiger partial charge in [0.2, 0.25) is 5.91 Å². The van der Waals surface area contributed by atoms with E-state index in [4.69, 9.17) is 9.47 Å². The molecule has 1 amide bonds. The van der Waals surface area contributed by atoms with Crippen molar-refractivity contribution in [2.75, 3.05) is 44.8 Å². The van der Waals surface area contributed by atoms with Gasteiger partial charge < -0.3 is 25.4 Å². The number of carbonyl (C=O) groups excluding carboxylic acids is 1. The monoisotopic (exact) mass is 558 g/mol. The molecule has 32 heavy (non-hydrogen) atoms. The standard InChI is InChI=1S/C24H38N4O3.HI/c1-2-25-24(26-12-6-13-30-17-20-11-14-31-18-20)27-16-19-7-5-10-22(15-19)28-23(29)21-8-3-4-9-21;/h5,7,10,15,20-21H,2-4,6,8-9,11-14,16-18H2,1H3,(H,28,29)(H2,25,26,27);1H. The number of halogens is 1. The third kappa shape index (κ3) is 9.62. The summed E-state index contributed by atoms with van der Waals surface area (Å²) >= 11 is 0. The van der Waals surface area contributed by atoms with Gasteiger partial charge in [-0.25, -0.2) is 4.99 Å². The first-order chi connectivity index (χ1) is 15.2. The molecule has 2 aliphatic rings. The van der Waals surface area contributed by atoms with Crippen LogP contribution in [0.5, 0.6) is 0 Å². The largest absolute Gasteiger partial charge is 0.381 e. The van der Waals surface area contributed by atoms with Crippen LogP contribution in [0.1, 0.15) is 51.0 Å². The van der Waals surface area contributed by atoms with Crippen LogP contribution in [-0.4, -0.2) is 51.4 Å². The topological polar surface area (TPSA) is 84.0 Å². The lowest BCUT2D eigenvalue weighted by molar-refractivity contribution is -0.119. The molecule has 0 aromatic heterocycles. The molecule has 1 aliphatic carbocycles. The van der Waals surface area contributed by atoms with E-state index >= 15 is 0 Å². The van der Waals surface area contributed by atoms with Gasteiger partial charge in [0.1, 0.15) is 0 Å². The van der Waals surface area contributed by atoms with Gasteiger partial charge in [0.25, 0.3) is 0 Å². The lowest BCUT2D eigenvalue weighted by atomic mass is 10.1. The third-order valence-corrected chi connectivity index (χ3v) is 5.82. The first kappa shape index (κ1) is 26.9. The molecule has 3 N–H and O–H groups in total. The van der Waals surface area contributed by atoms with Crippen LogP contribution in [0.3, 0.4) is 0 Å². The van der Waals surface area contributed by atoms with Crippen LogP contribution in [0, 0.1) is 11.8 Å². The number of carbonyl (C=O) groups is 1.